The molecule has 0 radical (unpaired) electrons. The number of hydrogen-bond donors (Lipinski definition) is 0. The van der Waals surface area contributed by atoms with Crippen molar-refractivity contribution < 1.29 is 9.18 Å². The SMILES string of the molecule is CC1(C)CN(C(=O)c2ccccc2F)CC2CN(CC3CC3)CCN21. The van der Waals surface area contributed by atoms with Gasteiger partial charge in [0.15, 0.2) is 0 Å². The molecule has 1 aromatic rings. The first-order valence-corrected chi connectivity index (χ1v) is 9.47. The summed E-state index contributed by atoms with van der Waals surface area (Å²) >= 11 is 0. The van der Waals surface area contributed by atoms with E-state index in [2.05, 4.69) is 23.6 Å². The summed E-state index contributed by atoms with van der Waals surface area (Å²) < 4.78 is 14.1. The molecular weight excluding hydrogens is 317 g/mol. The van der Waals surface area contributed by atoms with Crippen molar-refractivity contribution in [2.24, 2.45) is 5.92 Å². The lowest BCUT2D eigenvalue weighted by Gasteiger charge is -2.55. The fourth-order valence-electron chi connectivity index (χ4n) is 4.54. The predicted octanol–water partition coefficient (Wildman–Crippen LogP) is 2.46. The molecule has 1 atom stereocenters. The Labute approximate surface area is 149 Å². The van der Waals surface area contributed by atoms with Gasteiger partial charge in [-0.2, -0.15) is 0 Å². The zero-order valence-corrected chi connectivity index (χ0v) is 15.2. The summed E-state index contributed by atoms with van der Waals surface area (Å²) in [4.78, 5) is 19.9. The second-order valence-electron chi connectivity index (χ2n) is 8.53. The average Bonchev–Trinajstić information content (AvgIpc) is 3.37. The van der Waals surface area contributed by atoms with Crippen molar-refractivity contribution in [1.29, 1.82) is 0 Å². The minimum Gasteiger partial charge on any atom is -0.335 e. The van der Waals surface area contributed by atoms with Gasteiger partial charge in [-0.1, -0.05) is 12.1 Å². The first-order chi connectivity index (χ1) is 11.9. The van der Waals surface area contributed by atoms with E-state index in [0.717, 1.165) is 25.6 Å². The van der Waals surface area contributed by atoms with Crippen LogP contribution in [0.2, 0.25) is 0 Å². The Hall–Kier alpha value is -1.46. The van der Waals surface area contributed by atoms with Crippen molar-refractivity contribution >= 4 is 5.91 Å². The van der Waals surface area contributed by atoms with Crippen molar-refractivity contribution in [2.45, 2.75) is 38.3 Å². The van der Waals surface area contributed by atoms with E-state index in [4.69, 9.17) is 0 Å². The lowest BCUT2D eigenvalue weighted by atomic mass is 9.92. The van der Waals surface area contributed by atoms with Gasteiger partial charge in [0.25, 0.3) is 5.91 Å². The second kappa shape index (κ2) is 6.36. The van der Waals surface area contributed by atoms with Crippen LogP contribution in [0.4, 0.5) is 4.39 Å². The Balaban J connectivity index is 1.51. The zero-order valence-electron chi connectivity index (χ0n) is 15.2. The second-order valence-corrected chi connectivity index (χ2v) is 8.53. The van der Waals surface area contributed by atoms with Gasteiger partial charge >= 0.3 is 0 Å². The molecule has 2 saturated heterocycles. The van der Waals surface area contributed by atoms with Crippen LogP contribution in [-0.4, -0.2) is 71.5 Å². The predicted molar refractivity (Wildman–Crippen MR) is 96.0 cm³/mol. The van der Waals surface area contributed by atoms with Crippen LogP contribution in [-0.2, 0) is 0 Å². The van der Waals surface area contributed by atoms with Gasteiger partial charge in [-0.3, -0.25) is 9.69 Å². The van der Waals surface area contributed by atoms with E-state index in [1.54, 1.807) is 18.2 Å². The molecule has 2 aliphatic heterocycles. The molecule has 25 heavy (non-hydrogen) atoms. The Kier molecular flexibility index (Phi) is 4.32. The van der Waals surface area contributed by atoms with E-state index in [0.29, 0.717) is 19.1 Å². The topological polar surface area (TPSA) is 26.8 Å². The lowest BCUT2D eigenvalue weighted by Crippen LogP contribution is -2.70. The normalized spacial score (nSPS) is 27.2. The average molecular weight is 345 g/mol. The third-order valence-electron chi connectivity index (χ3n) is 5.96. The highest BCUT2D eigenvalue weighted by Gasteiger charge is 2.44. The largest absolute Gasteiger partial charge is 0.335 e. The smallest absolute Gasteiger partial charge is 0.256 e. The van der Waals surface area contributed by atoms with E-state index in [-0.39, 0.29) is 17.0 Å². The molecule has 4 nitrogen and oxygen atoms in total. The van der Waals surface area contributed by atoms with Crippen LogP contribution in [0.1, 0.15) is 37.0 Å². The van der Waals surface area contributed by atoms with E-state index in [1.165, 1.54) is 25.5 Å². The van der Waals surface area contributed by atoms with Gasteiger partial charge in [-0.15, -0.1) is 0 Å². The summed E-state index contributed by atoms with van der Waals surface area (Å²) in [6.07, 6.45) is 2.74. The van der Waals surface area contributed by atoms with E-state index in [9.17, 15) is 9.18 Å². The minimum atomic E-state index is -0.424. The van der Waals surface area contributed by atoms with Crippen molar-refractivity contribution in [3.05, 3.63) is 35.6 Å². The molecule has 1 amide bonds. The number of piperazine rings is 2. The number of halogens is 1. The maximum absolute atomic E-state index is 14.1. The van der Waals surface area contributed by atoms with Gasteiger partial charge < -0.3 is 9.80 Å². The molecule has 0 N–H and O–H groups in total. The molecule has 0 spiro atoms. The highest BCUT2D eigenvalue weighted by Crippen LogP contribution is 2.33. The molecular formula is C20H28FN3O. The quantitative estimate of drug-likeness (QED) is 0.842. The molecule has 5 heteroatoms. The summed E-state index contributed by atoms with van der Waals surface area (Å²) in [5, 5.41) is 0. The molecule has 0 bridgehead atoms. The summed E-state index contributed by atoms with van der Waals surface area (Å²) in [5.74, 6) is 0.288. The number of fused-ring (bicyclic) bond motifs is 1. The highest BCUT2D eigenvalue weighted by atomic mass is 19.1. The van der Waals surface area contributed by atoms with Crippen LogP contribution < -0.4 is 0 Å². The van der Waals surface area contributed by atoms with Gasteiger partial charge in [0.05, 0.1) is 5.56 Å². The number of benzene rings is 1. The number of amides is 1. The molecule has 1 aromatic carbocycles. The molecule has 136 valence electrons. The van der Waals surface area contributed by atoms with Crippen LogP contribution in [0.15, 0.2) is 24.3 Å². The molecule has 1 aliphatic carbocycles. The molecule has 0 aromatic heterocycles. The molecule has 4 rings (SSSR count). The first-order valence-electron chi connectivity index (χ1n) is 9.47. The third-order valence-corrected chi connectivity index (χ3v) is 5.96. The Bertz CT molecular complexity index is 658. The standard InChI is InChI=1S/C20H28FN3O/c1-20(2)14-23(19(25)17-5-3-4-6-18(17)21)13-16-12-22(9-10-24(16)20)11-15-7-8-15/h3-6,15-16H,7-14H2,1-2H3. The van der Waals surface area contributed by atoms with Crippen LogP contribution >= 0.6 is 0 Å². The van der Waals surface area contributed by atoms with Crippen LogP contribution in [0.3, 0.4) is 0 Å². The van der Waals surface area contributed by atoms with Crippen LogP contribution in [0.5, 0.6) is 0 Å². The summed E-state index contributed by atoms with van der Waals surface area (Å²) in [6.45, 7) is 10.2. The molecule has 3 aliphatic rings. The van der Waals surface area contributed by atoms with Crippen molar-refractivity contribution in [3.63, 3.8) is 0 Å². The number of nitrogens with zero attached hydrogens (tertiary/aromatic N) is 3. The summed E-state index contributed by atoms with van der Waals surface area (Å²) in [5.41, 5.74) is 0.118. The Morgan fingerprint density at radius 3 is 2.68 bits per heavy atom. The molecule has 1 saturated carbocycles. The fourth-order valence-corrected chi connectivity index (χ4v) is 4.54. The maximum atomic E-state index is 14.1. The van der Waals surface area contributed by atoms with Gasteiger partial charge in [-0.05, 0) is 44.7 Å². The Morgan fingerprint density at radius 1 is 1.20 bits per heavy atom. The van der Waals surface area contributed by atoms with Gasteiger partial charge in [0, 0.05) is 50.8 Å². The molecule has 1 unspecified atom stereocenters. The minimum absolute atomic E-state index is 0.0739. The maximum Gasteiger partial charge on any atom is 0.256 e. The third kappa shape index (κ3) is 3.44. The van der Waals surface area contributed by atoms with Crippen LogP contribution in [0.25, 0.3) is 0 Å². The van der Waals surface area contributed by atoms with Crippen molar-refractivity contribution in [2.75, 3.05) is 39.3 Å². The number of carbonyl (C=O) groups excluding carboxylic acids is 1. The number of rotatable bonds is 3. The molecule has 2 heterocycles. The summed E-state index contributed by atoms with van der Waals surface area (Å²) in [7, 11) is 0. The van der Waals surface area contributed by atoms with Crippen LogP contribution in [0, 0.1) is 11.7 Å². The van der Waals surface area contributed by atoms with E-state index >= 15 is 0 Å². The van der Waals surface area contributed by atoms with Gasteiger partial charge in [0.1, 0.15) is 5.82 Å². The first kappa shape index (κ1) is 17.0. The van der Waals surface area contributed by atoms with Crippen molar-refractivity contribution in [3.8, 4) is 0 Å². The number of hydrogen-bond acceptors (Lipinski definition) is 3. The zero-order chi connectivity index (χ0) is 17.6. The fraction of sp³-hybridized carbons (Fsp3) is 0.650. The highest BCUT2D eigenvalue weighted by molar-refractivity contribution is 5.94. The van der Waals surface area contributed by atoms with E-state index in [1.807, 2.05) is 4.90 Å². The van der Waals surface area contributed by atoms with Gasteiger partial charge in [0.2, 0.25) is 0 Å². The monoisotopic (exact) mass is 345 g/mol. The molecule has 3 fully saturated rings. The Morgan fingerprint density at radius 2 is 1.96 bits per heavy atom. The summed E-state index contributed by atoms with van der Waals surface area (Å²) in [6, 6.07) is 6.66. The van der Waals surface area contributed by atoms with Gasteiger partial charge in [-0.25, -0.2) is 4.39 Å². The lowest BCUT2D eigenvalue weighted by molar-refractivity contribution is -0.0569. The van der Waals surface area contributed by atoms with E-state index < -0.39 is 5.82 Å². The van der Waals surface area contributed by atoms with Crippen molar-refractivity contribution in [1.82, 2.24) is 14.7 Å². The number of carbonyl (C=O) groups is 1.